The first-order valence-corrected chi connectivity index (χ1v) is 12.4. The topological polar surface area (TPSA) is 101 Å². The number of ether oxygens (including phenoxy) is 1. The van der Waals surface area contributed by atoms with Gasteiger partial charge in [-0.2, -0.15) is 4.31 Å². The first-order valence-electron chi connectivity index (χ1n) is 10.2. The van der Waals surface area contributed by atoms with Gasteiger partial charge in [0, 0.05) is 36.8 Å². The third-order valence-electron chi connectivity index (χ3n) is 4.96. The molecule has 0 bridgehead atoms. The van der Waals surface area contributed by atoms with E-state index in [4.69, 9.17) is 4.74 Å². The van der Waals surface area contributed by atoms with E-state index in [9.17, 15) is 8.42 Å². The molecule has 0 atom stereocenters. The minimum Gasteiger partial charge on any atom is -0.492 e. The molecule has 4 rings (SSSR count). The molecule has 0 amide bonds. The Morgan fingerprint density at radius 2 is 1.84 bits per heavy atom. The average molecular weight is 519 g/mol. The quantitative estimate of drug-likeness (QED) is 0.508. The Bertz CT molecular complexity index is 1150. The zero-order chi connectivity index (χ0) is 22.6. The van der Waals surface area contributed by atoms with Crippen molar-refractivity contribution >= 4 is 43.4 Å². The van der Waals surface area contributed by atoms with Crippen LogP contribution < -0.4 is 15.0 Å². The summed E-state index contributed by atoms with van der Waals surface area (Å²) in [5.41, 5.74) is 0. The van der Waals surface area contributed by atoms with Gasteiger partial charge in [0.1, 0.15) is 16.5 Å². The molecule has 168 valence electrons. The maximum Gasteiger partial charge on any atom is 0.246 e. The van der Waals surface area contributed by atoms with Crippen molar-refractivity contribution in [2.24, 2.45) is 0 Å². The third kappa shape index (κ3) is 5.00. The number of pyridine rings is 1. The molecular weight excluding hydrogens is 496 g/mol. The summed E-state index contributed by atoms with van der Waals surface area (Å²) in [6.07, 6.45) is 1.70. The standard InChI is InChI=1S/C21H23BrN6O3S/c1-2-31-17-7-6-16(22)15-18(17)32(29,30)28-13-11-27(12-14-28)21-9-8-20(25-26-21)24-19-5-3-4-10-23-19/h3-10,15H,2,11-14H2,1H3,(H,23,24,25). The number of hydrogen-bond donors (Lipinski definition) is 1. The van der Waals surface area contributed by atoms with Crippen LogP contribution >= 0.6 is 15.9 Å². The number of nitrogens with zero attached hydrogens (tertiary/aromatic N) is 5. The molecule has 0 spiro atoms. The molecule has 0 saturated carbocycles. The van der Waals surface area contributed by atoms with Crippen LogP contribution in [0.2, 0.25) is 0 Å². The van der Waals surface area contributed by atoms with Gasteiger partial charge in [-0.1, -0.05) is 22.0 Å². The van der Waals surface area contributed by atoms with Gasteiger partial charge in [0.2, 0.25) is 10.0 Å². The van der Waals surface area contributed by atoms with E-state index in [1.54, 1.807) is 24.4 Å². The lowest BCUT2D eigenvalue weighted by molar-refractivity contribution is 0.327. The van der Waals surface area contributed by atoms with Crippen LogP contribution in [0.5, 0.6) is 5.75 Å². The van der Waals surface area contributed by atoms with Crippen molar-refractivity contribution < 1.29 is 13.2 Å². The van der Waals surface area contributed by atoms with Gasteiger partial charge in [0.15, 0.2) is 11.6 Å². The van der Waals surface area contributed by atoms with E-state index in [0.717, 1.165) is 0 Å². The third-order valence-corrected chi connectivity index (χ3v) is 7.37. The molecule has 32 heavy (non-hydrogen) atoms. The van der Waals surface area contributed by atoms with Gasteiger partial charge in [0.25, 0.3) is 0 Å². The van der Waals surface area contributed by atoms with Crippen LogP contribution in [0.15, 0.2) is 64.1 Å². The second kappa shape index (κ2) is 9.80. The van der Waals surface area contributed by atoms with Crippen LogP contribution in [0.3, 0.4) is 0 Å². The summed E-state index contributed by atoms with van der Waals surface area (Å²) in [6, 6.07) is 14.3. The Balaban J connectivity index is 1.42. The van der Waals surface area contributed by atoms with Crippen LogP contribution in [0, 0.1) is 0 Å². The number of benzene rings is 1. The highest BCUT2D eigenvalue weighted by Crippen LogP contribution is 2.31. The number of nitrogens with one attached hydrogen (secondary N) is 1. The second-order valence-electron chi connectivity index (χ2n) is 7.03. The van der Waals surface area contributed by atoms with Crippen LogP contribution in [0.1, 0.15) is 6.92 Å². The zero-order valence-corrected chi connectivity index (χ0v) is 19.9. The Morgan fingerprint density at radius 3 is 2.50 bits per heavy atom. The fourth-order valence-electron chi connectivity index (χ4n) is 3.38. The average Bonchev–Trinajstić information content (AvgIpc) is 2.82. The maximum atomic E-state index is 13.3. The first kappa shape index (κ1) is 22.4. The molecule has 1 saturated heterocycles. The minimum atomic E-state index is -3.69. The molecule has 9 nitrogen and oxygen atoms in total. The van der Waals surface area contributed by atoms with E-state index in [-0.39, 0.29) is 4.90 Å². The van der Waals surface area contributed by atoms with E-state index in [2.05, 4.69) is 36.4 Å². The summed E-state index contributed by atoms with van der Waals surface area (Å²) in [5, 5.41) is 11.6. The minimum absolute atomic E-state index is 0.173. The number of rotatable bonds is 7. The molecule has 1 aliphatic rings. The largest absolute Gasteiger partial charge is 0.492 e. The van der Waals surface area contributed by atoms with Gasteiger partial charge in [-0.15, -0.1) is 10.2 Å². The predicted octanol–water partition coefficient (Wildman–Crippen LogP) is 3.29. The van der Waals surface area contributed by atoms with Crippen molar-refractivity contribution in [3.8, 4) is 5.75 Å². The highest BCUT2D eigenvalue weighted by atomic mass is 79.9. The summed E-state index contributed by atoms with van der Waals surface area (Å²) >= 11 is 3.36. The number of sulfonamides is 1. The van der Waals surface area contributed by atoms with Crippen LogP contribution in [0.4, 0.5) is 17.5 Å². The van der Waals surface area contributed by atoms with Crippen molar-refractivity contribution in [1.82, 2.24) is 19.5 Å². The molecule has 1 aromatic carbocycles. The number of piperazine rings is 1. The van der Waals surface area contributed by atoms with Crippen LogP contribution in [-0.2, 0) is 10.0 Å². The fourth-order valence-corrected chi connectivity index (χ4v) is 5.48. The Morgan fingerprint density at radius 1 is 1.03 bits per heavy atom. The van der Waals surface area contributed by atoms with Gasteiger partial charge in [-0.05, 0) is 49.4 Å². The van der Waals surface area contributed by atoms with Gasteiger partial charge >= 0.3 is 0 Å². The van der Waals surface area contributed by atoms with Crippen molar-refractivity contribution in [2.75, 3.05) is 43.0 Å². The lowest BCUT2D eigenvalue weighted by atomic mass is 10.3. The molecule has 0 radical (unpaired) electrons. The molecule has 2 aromatic heterocycles. The number of halogens is 1. The lowest BCUT2D eigenvalue weighted by Crippen LogP contribution is -2.49. The highest BCUT2D eigenvalue weighted by Gasteiger charge is 2.31. The second-order valence-corrected chi connectivity index (χ2v) is 9.85. The monoisotopic (exact) mass is 518 g/mol. The molecule has 11 heteroatoms. The first-order chi connectivity index (χ1) is 15.5. The van der Waals surface area contributed by atoms with Crippen molar-refractivity contribution in [1.29, 1.82) is 0 Å². The normalized spacial score (nSPS) is 14.9. The number of aromatic nitrogens is 3. The zero-order valence-electron chi connectivity index (χ0n) is 17.5. The molecule has 3 aromatic rings. The van der Waals surface area contributed by atoms with E-state index in [1.807, 2.05) is 42.2 Å². The number of anilines is 3. The Hall–Kier alpha value is -2.76. The molecule has 1 aliphatic heterocycles. The molecule has 3 heterocycles. The fraction of sp³-hybridized carbons (Fsp3) is 0.286. The predicted molar refractivity (Wildman–Crippen MR) is 126 cm³/mol. The summed E-state index contributed by atoms with van der Waals surface area (Å²) < 4.78 is 34.2. The summed E-state index contributed by atoms with van der Waals surface area (Å²) in [5.74, 6) is 2.34. The van der Waals surface area contributed by atoms with Crippen molar-refractivity contribution in [3.63, 3.8) is 0 Å². The maximum absolute atomic E-state index is 13.3. The Labute approximate surface area is 195 Å². The number of hydrogen-bond acceptors (Lipinski definition) is 8. The van der Waals surface area contributed by atoms with Gasteiger partial charge in [0.05, 0.1) is 6.61 Å². The lowest BCUT2D eigenvalue weighted by Gasteiger charge is -2.34. The van der Waals surface area contributed by atoms with Crippen LogP contribution in [-0.4, -0.2) is 60.7 Å². The Kier molecular flexibility index (Phi) is 6.87. The smallest absolute Gasteiger partial charge is 0.246 e. The van der Waals surface area contributed by atoms with Crippen molar-refractivity contribution in [2.45, 2.75) is 11.8 Å². The SMILES string of the molecule is CCOc1ccc(Br)cc1S(=O)(=O)N1CCN(c2ccc(Nc3ccccn3)nn2)CC1. The van der Waals surface area contributed by atoms with E-state index in [0.29, 0.717) is 60.5 Å². The summed E-state index contributed by atoms with van der Waals surface area (Å²) in [4.78, 5) is 6.40. The van der Waals surface area contributed by atoms with Crippen molar-refractivity contribution in [3.05, 3.63) is 59.2 Å². The molecule has 1 N–H and O–H groups in total. The van der Waals surface area contributed by atoms with E-state index < -0.39 is 10.0 Å². The molecule has 0 aliphatic carbocycles. The summed E-state index contributed by atoms with van der Waals surface area (Å²) in [6.45, 7) is 3.93. The van der Waals surface area contributed by atoms with E-state index >= 15 is 0 Å². The van der Waals surface area contributed by atoms with Gasteiger partial charge in [-0.25, -0.2) is 13.4 Å². The molecule has 0 unspecified atom stereocenters. The van der Waals surface area contributed by atoms with E-state index in [1.165, 1.54) is 4.31 Å². The van der Waals surface area contributed by atoms with Gasteiger partial charge < -0.3 is 15.0 Å². The highest BCUT2D eigenvalue weighted by molar-refractivity contribution is 9.10. The molecular formula is C21H23BrN6O3S. The van der Waals surface area contributed by atoms with Crippen LogP contribution in [0.25, 0.3) is 0 Å². The van der Waals surface area contributed by atoms with Gasteiger partial charge in [-0.3, -0.25) is 0 Å². The molecule has 1 fully saturated rings. The summed E-state index contributed by atoms with van der Waals surface area (Å²) in [7, 11) is -3.69.